The van der Waals surface area contributed by atoms with Crippen molar-refractivity contribution in [1.29, 1.82) is 0 Å². The van der Waals surface area contributed by atoms with Gasteiger partial charge in [-0.25, -0.2) is 0 Å². The van der Waals surface area contributed by atoms with Crippen LogP contribution >= 0.6 is 12.4 Å². The molecule has 1 fully saturated rings. The average Bonchev–Trinajstić information content (AvgIpc) is 2.13. The van der Waals surface area contributed by atoms with Gasteiger partial charge in [-0.15, -0.1) is 12.4 Å². The maximum Gasteiger partial charge on any atom is 0.416 e. The summed E-state index contributed by atoms with van der Waals surface area (Å²) in [4.78, 5) is 0. The fourth-order valence-electron chi connectivity index (χ4n) is 1.60. The fourth-order valence-corrected chi connectivity index (χ4v) is 1.60. The van der Waals surface area contributed by atoms with Gasteiger partial charge in [0.05, 0.1) is 11.1 Å². The van der Waals surface area contributed by atoms with E-state index in [0.717, 1.165) is 12.1 Å². The molecular weight excluding hydrogens is 241 g/mol. The molecule has 3 N–H and O–H groups in total. The summed E-state index contributed by atoms with van der Waals surface area (Å²) in [6, 6.07) is 5.21. The first-order valence-electron chi connectivity index (χ1n) is 4.59. The summed E-state index contributed by atoms with van der Waals surface area (Å²) in [7, 11) is 0. The van der Waals surface area contributed by atoms with Crippen molar-refractivity contribution < 1.29 is 13.2 Å². The van der Waals surface area contributed by atoms with Gasteiger partial charge in [-0.3, -0.25) is 0 Å². The van der Waals surface area contributed by atoms with E-state index in [-0.39, 0.29) is 12.4 Å². The predicted molar refractivity (Wildman–Crippen MR) is 57.4 cm³/mol. The second-order valence-corrected chi connectivity index (χ2v) is 3.84. The standard InChI is InChI=1S/C10H11F3N2.ClH/c11-10(12,13)8-3-1-2-7(4-8)9(14)5-15-6-9;/h1-4,15H,5-6,14H2;1H. The zero-order chi connectivity index (χ0) is 11.1. The third-order valence-electron chi connectivity index (χ3n) is 2.65. The summed E-state index contributed by atoms with van der Waals surface area (Å²) in [5.74, 6) is 0. The number of halogens is 4. The Hall–Kier alpha value is -0.780. The lowest BCUT2D eigenvalue weighted by Gasteiger charge is -2.39. The van der Waals surface area contributed by atoms with E-state index in [4.69, 9.17) is 5.73 Å². The molecule has 0 saturated carbocycles. The first kappa shape index (κ1) is 13.3. The van der Waals surface area contributed by atoms with Gasteiger partial charge >= 0.3 is 6.18 Å². The van der Waals surface area contributed by atoms with E-state index in [9.17, 15) is 13.2 Å². The van der Waals surface area contributed by atoms with Crippen LogP contribution in [0.5, 0.6) is 0 Å². The Kier molecular flexibility index (Phi) is 3.52. The topological polar surface area (TPSA) is 38.0 Å². The van der Waals surface area contributed by atoms with Crippen molar-refractivity contribution in [3.63, 3.8) is 0 Å². The molecule has 6 heteroatoms. The third-order valence-corrected chi connectivity index (χ3v) is 2.65. The lowest BCUT2D eigenvalue weighted by molar-refractivity contribution is -0.137. The summed E-state index contributed by atoms with van der Waals surface area (Å²) >= 11 is 0. The monoisotopic (exact) mass is 252 g/mol. The zero-order valence-corrected chi connectivity index (χ0v) is 9.16. The molecule has 16 heavy (non-hydrogen) atoms. The van der Waals surface area contributed by atoms with Gasteiger partial charge in [0.15, 0.2) is 0 Å². The Morgan fingerprint density at radius 3 is 2.31 bits per heavy atom. The molecular formula is C10H12ClF3N2. The number of rotatable bonds is 1. The third kappa shape index (κ3) is 2.31. The minimum atomic E-state index is -4.30. The largest absolute Gasteiger partial charge is 0.416 e. The van der Waals surface area contributed by atoms with Crippen LogP contribution in [0.1, 0.15) is 11.1 Å². The molecule has 0 atom stereocenters. The first-order valence-corrected chi connectivity index (χ1v) is 4.59. The molecule has 0 unspecified atom stereocenters. The smallest absolute Gasteiger partial charge is 0.319 e. The van der Waals surface area contributed by atoms with Crippen LogP contribution in [-0.4, -0.2) is 13.1 Å². The average molecular weight is 253 g/mol. The van der Waals surface area contributed by atoms with E-state index < -0.39 is 17.3 Å². The van der Waals surface area contributed by atoms with Crippen LogP contribution in [0.4, 0.5) is 13.2 Å². The maximum atomic E-state index is 12.4. The van der Waals surface area contributed by atoms with Crippen LogP contribution in [0.3, 0.4) is 0 Å². The van der Waals surface area contributed by atoms with Gasteiger partial charge in [0.1, 0.15) is 0 Å². The molecule has 2 rings (SSSR count). The molecule has 1 aromatic rings. The second kappa shape index (κ2) is 4.24. The van der Waals surface area contributed by atoms with Crippen LogP contribution in [0.15, 0.2) is 24.3 Å². The van der Waals surface area contributed by atoms with Crippen LogP contribution < -0.4 is 11.1 Å². The molecule has 1 heterocycles. The maximum absolute atomic E-state index is 12.4. The molecule has 0 radical (unpaired) electrons. The fraction of sp³-hybridized carbons (Fsp3) is 0.400. The number of nitrogens with one attached hydrogen (secondary N) is 1. The van der Waals surface area contributed by atoms with E-state index >= 15 is 0 Å². The highest BCUT2D eigenvalue weighted by molar-refractivity contribution is 5.85. The number of benzene rings is 1. The van der Waals surface area contributed by atoms with Gasteiger partial charge in [-0.1, -0.05) is 12.1 Å². The van der Waals surface area contributed by atoms with E-state index in [1.54, 1.807) is 6.07 Å². The minimum absolute atomic E-state index is 0. The van der Waals surface area contributed by atoms with E-state index in [1.807, 2.05) is 0 Å². The second-order valence-electron chi connectivity index (χ2n) is 3.84. The Morgan fingerprint density at radius 2 is 1.88 bits per heavy atom. The molecule has 1 saturated heterocycles. The van der Waals surface area contributed by atoms with Crippen molar-refractivity contribution in [2.75, 3.05) is 13.1 Å². The van der Waals surface area contributed by atoms with Gasteiger partial charge in [0.25, 0.3) is 0 Å². The van der Waals surface area contributed by atoms with Crippen molar-refractivity contribution in [3.05, 3.63) is 35.4 Å². The summed E-state index contributed by atoms with van der Waals surface area (Å²) < 4.78 is 37.3. The molecule has 1 aliphatic heterocycles. The number of hydrogen-bond donors (Lipinski definition) is 2. The molecule has 2 nitrogen and oxygen atoms in total. The Balaban J connectivity index is 0.00000128. The summed E-state index contributed by atoms with van der Waals surface area (Å²) in [5, 5.41) is 2.95. The van der Waals surface area contributed by atoms with Gasteiger partial charge in [0, 0.05) is 13.1 Å². The van der Waals surface area contributed by atoms with E-state index in [0.29, 0.717) is 18.7 Å². The van der Waals surface area contributed by atoms with Crippen molar-refractivity contribution >= 4 is 12.4 Å². The molecule has 1 aromatic carbocycles. The van der Waals surface area contributed by atoms with Crippen LogP contribution in [0.2, 0.25) is 0 Å². The SMILES string of the molecule is Cl.NC1(c2cccc(C(F)(F)F)c2)CNC1. The Labute approximate surface area is 97.4 Å². The van der Waals surface area contributed by atoms with Gasteiger partial charge in [-0.05, 0) is 17.7 Å². The van der Waals surface area contributed by atoms with E-state index in [2.05, 4.69) is 5.32 Å². The van der Waals surface area contributed by atoms with Crippen molar-refractivity contribution in [2.24, 2.45) is 5.73 Å². The molecule has 1 aliphatic rings. The van der Waals surface area contributed by atoms with Gasteiger partial charge in [0.2, 0.25) is 0 Å². The van der Waals surface area contributed by atoms with Gasteiger partial charge < -0.3 is 11.1 Å². The lowest BCUT2D eigenvalue weighted by atomic mass is 9.84. The molecule has 0 spiro atoms. The minimum Gasteiger partial charge on any atom is -0.319 e. The van der Waals surface area contributed by atoms with Crippen molar-refractivity contribution in [2.45, 2.75) is 11.7 Å². The molecule has 0 amide bonds. The van der Waals surface area contributed by atoms with Crippen LogP contribution in [-0.2, 0) is 11.7 Å². The number of hydrogen-bond acceptors (Lipinski definition) is 2. The summed E-state index contributed by atoms with van der Waals surface area (Å²) in [6.45, 7) is 1.04. The highest BCUT2D eigenvalue weighted by atomic mass is 35.5. The first-order chi connectivity index (χ1) is 6.92. The number of nitrogens with two attached hydrogens (primary N) is 1. The lowest BCUT2D eigenvalue weighted by Crippen LogP contribution is -2.62. The van der Waals surface area contributed by atoms with Crippen molar-refractivity contribution in [1.82, 2.24) is 5.32 Å². The summed E-state index contributed by atoms with van der Waals surface area (Å²) in [6.07, 6.45) is -4.30. The number of alkyl halides is 3. The quantitative estimate of drug-likeness (QED) is 0.801. The molecule has 0 bridgehead atoms. The normalized spacial score (nSPS) is 18.5. The van der Waals surface area contributed by atoms with E-state index in [1.165, 1.54) is 6.07 Å². The highest BCUT2D eigenvalue weighted by Gasteiger charge is 2.37. The molecule has 90 valence electrons. The Bertz CT molecular complexity index is 375. The Morgan fingerprint density at radius 1 is 1.25 bits per heavy atom. The van der Waals surface area contributed by atoms with Crippen molar-refractivity contribution in [3.8, 4) is 0 Å². The van der Waals surface area contributed by atoms with Gasteiger partial charge in [-0.2, -0.15) is 13.2 Å². The molecule has 0 aromatic heterocycles. The zero-order valence-electron chi connectivity index (χ0n) is 8.34. The summed E-state index contributed by atoms with van der Waals surface area (Å²) in [5.41, 5.74) is 5.16. The highest BCUT2D eigenvalue weighted by Crippen LogP contribution is 2.32. The predicted octanol–water partition coefficient (Wildman–Crippen LogP) is 1.88. The van der Waals surface area contributed by atoms with Crippen LogP contribution in [0.25, 0.3) is 0 Å². The van der Waals surface area contributed by atoms with Crippen LogP contribution in [0, 0.1) is 0 Å². The molecule has 0 aliphatic carbocycles.